The van der Waals surface area contributed by atoms with Gasteiger partial charge in [0.05, 0.1) is 26.7 Å². The van der Waals surface area contributed by atoms with Crippen LogP contribution in [0.1, 0.15) is 24.8 Å². The largest absolute Gasteiger partial charge is 0.324 e. The number of halogens is 3. The molecule has 0 aromatic heterocycles. The van der Waals surface area contributed by atoms with Crippen molar-refractivity contribution in [2.24, 2.45) is 0 Å². The lowest BCUT2D eigenvalue weighted by Gasteiger charge is -2.16. The molecule has 0 radical (unpaired) electrons. The Morgan fingerprint density at radius 3 is 2.29 bits per heavy atom. The van der Waals surface area contributed by atoms with Crippen LogP contribution < -0.4 is 5.32 Å². The van der Waals surface area contributed by atoms with E-state index >= 15 is 0 Å². The monoisotopic (exact) mass is 341 g/mol. The summed E-state index contributed by atoms with van der Waals surface area (Å²) in [6.45, 7) is 1.97. The predicted octanol–water partition coefficient (Wildman–Crippen LogP) is 5.78. The van der Waals surface area contributed by atoms with E-state index in [-0.39, 0.29) is 11.8 Å². The minimum Gasteiger partial charge on any atom is -0.324 e. The highest BCUT2D eigenvalue weighted by atomic mass is 35.5. The van der Waals surface area contributed by atoms with Crippen LogP contribution in [-0.4, -0.2) is 5.91 Å². The third kappa shape index (κ3) is 3.91. The molecule has 0 aliphatic rings. The second kappa shape index (κ2) is 7.17. The fourth-order valence-electron chi connectivity index (χ4n) is 2.10. The third-order valence-corrected chi connectivity index (χ3v) is 4.23. The Hall–Kier alpha value is -1.22. The molecule has 110 valence electrons. The molecule has 2 aromatic rings. The molecule has 1 atom stereocenters. The molecule has 2 aromatic carbocycles. The summed E-state index contributed by atoms with van der Waals surface area (Å²) in [6.07, 6.45) is 0.689. The van der Waals surface area contributed by atoms with Crippen molar-refractivity contribution in [1.82, 2.24) is 0 Å². The van der Waals surface area contributed by atoms with Crippen molar-refractivity contribution in [3.63, 3.8) is 0 Å². The maximum Gasteiger partial charge on any atom is 0.231 e. The number of carbonyl (C=O) groups excluding carboxylic acids is 1. The molecule has 0 fully saturated rings. The number of anilines is 1. The molecule has 0 bridgehead atoms. The summed E-state index contributed by atoms with van der Waals surface area (Å²) >= 11 is 17.9. The highest BCUT2D eigenvalue weighted by Crippen LogP contribution is 2.33. The Kier molecular flexibility index (Phi) is 5.51. The first-order valence-corrected chi connectivity index (χ1v) is 7.66. The average Bonchev–Trinajstić information content (AvgIpc) is 2.46. The van der Waals surface area contributed by atoms with Crippen molar-refractivity contribution in [3.05, 3.63) is 63.1 Å². The van der Waals surface area contributed by atoms with Crippen LogP contribution in [0.15, 0.2) is 42.5 Å². The van der Waals surface area contributed by atoms with Crippen LogP contribution in [0.2, 0.25) is 15.1 Å². The minimum atomic E-state index is -0.239. The van der Waals surface area contributed by atoms with E-state index in [4.69, 9.17) is 34.8 Å². The summed E-state index contributed by atoms with van der Waals surface area (Å²) in [5.74, 6) is -0.360. The molecular weight excluding hydrogens is 329 g/mol. The van der Waals surface area contributed by atoms with E-state index in [1.54, 1.807) is 6.07 Å². The summed E-state index contributed by atoms with van der Waals surface area (Å²) < 4.78 is 0. The van der Waals surface area contributed by atoms with Crippen molar-refractivity contribution in [2.45, 2.75) is 19.3 Å². The lowest BCUT2D eigenvalue weighted by Crippen LogP contribution is -2.20. The first-order valence-electron chi connectivity index (χ1n) is 6.53. The number of nitrogens with one attached hydrogen (secondary N) is 1. The quantitative estimate of drug-likeness (QED) is 0.701. The van der Waals surface area contributed by atoms with Gasteiger partial charge in [0.1, 0.15) is 0 Å². The van der Waals surface area contributed by atoms with Gasteiger partial charge in [-0.15, -0.1) is 0 Å². The van der Waals surface area contributed by atoms with E-state index in [2.05, 4.69) is 5.32 Å². The Balaban J connectivity index is 2.23. The van der Waals surface area contributed by atoms with Gasteiger partial charge in [0.25, 0.3) is 0 Å². The molecule has 5 heteroatoms. The third-order valence-electron chi connectivity index (χ3n) is 3.19. The average molecular weight is 343 g/mol. The summed E-state index contributed by atoms with van der Waals surface area (Å²) in [6, 6.07) is 12.7. The van der Waals surface area contributed by atoms with Crippen LogP contribution >= 0.6 is 34.8 Å². The van der Waals surface area contributed by atoms with Crippen molar-refractivity contribution in [2.75, 3.05) is 5.32 Å². The SMILES string of the molecule is CC[C@@H](C(=O)Nc1cc(Cl)c(Cl)cc1Cl)c1ccccc1. The van der Waals surface area contributed by atoms with E-state index in [1.165, 1.54) is 6.07 Å². The molecule has 0 aliphatic carbocycles. The van der Waals surface area contributed by atoms with E-state index < -0.39 is 0 Å². The molecule has 0 aliphatic heterocycles. The number of carbonyl (C=O) groups is 1. The highest BCUT2D eigenvalue weighted by molar-refractivity contribution is 6.44. The smallest absolute Gasteiger partial charge is 0.231 e. The summed E-state index contributed by atoms with van der Waals surface area (Å²) in [7, 11) is 0. The van der Waals surface area contributed by atoms with Crippen molar-refractivity contribution in [3.8, 4) is 0 Å². The van der Waals surface area contributed by atoms with E-state index in [1.807, 2.05) is 37.3 Å². The van der Waals surface area contributed by atoms with E-state index in [9.17, 15) is 4.79 Å². The van der Waals surface area contributed by atoms with Crippen LogP contribution in [0.5, 0.6) is 0 Å². The number of benzene rings is 2. The van der Waals surface area contributed by atoms with Crippen LogP contribution in [0, 0.1) is 0 Å². The summed E-state index contributed by atoms with van der Waals surface area (Å²) in [4.78, 5) is 12.4. The lowest BCUT2D eigenvalue weighted by atomic mass is 9.95. The Morgan fingerprint density at radius 2 is 1.67 bits per heavy atom. The van der Waals surface area contributed by atoms with Gasteiger partial charge in [-0.3, -0.25) is 4.79 Å². The van der Waals surface area contributed by atoms with Gasteiger partial charge >= 0.3 is 0 Å². The van der Waals surface area contributed by atoms with Gasteiger partial charge < -0.3 is 5.32 Å². The summed E-state index contributed by atoms with van der Waals surface area (Å²) in [5.41, 5.74) is 1.43. The molecular formula is C16H14Cl3NO. The van der Waals surface area contributed by atoms with Gasteiger partial charge in [-0.05, 0) is 24.1 Å². The molecule has 1 N–H and O–H groups in total. The Bertz CT molecular complexity index is 643. The Morgan fingerprint density at radius 1 is 1.05 bits per heavy atom. The maximum absolute atomic E-state index is 12.4. The normalized spacial score (nSPS) is 12.0. The molecule has 0 spiro atoms. The number of hydrogen-bond acceptors (Lipinski definition) is 1. The number of rotatable bonds is 4. The molecule has 21 heavy (non-hydrogen) atoms. The lowest BCUT2D eigenvalue weighted by molar-refractivity contribution is -0.117. The maximum atomic E-state index is 12.4. The highest BCUT2D eigenvalue weighted by Gasteiger charge is 2.19. The zero-order valence-electron chi connectivity index (χ0n) is 11.4. The minimum absolute atomic E-state index is 0.121. The van der Waals surface area contributed by atoms with Gasteiger partial charge in [0, 0.05) is 0 Å². The van der Waals surface area contributed by atoms with E-state index in [0.29, 0.717) is 27.2 Å². The van der Waals surface area contributed by atoms with Gasteiger partial charge in [0.2, 0.25) is 5.91 Å². The molecule has 0 heterocycles. The van der Waals surface area contributed by atoms with Gasteiger partial charge in [0.15, 0.2) is 0 Å². The number of hydrogen-bond donors (Lipinski definition) is 1. The zero-order chi connectivity index (χ0) is 15.4. The van der Waals surface area contributed by atoms with E-state index in [0.717, 1.165) is 5.56 Å². The van der Waals surface area contributed by atoms with Crippen LogP contribution in [0.3, 0.4) is 0 Å². The van der Waals surface area contributed by atoms with Crippen molar-refractivity contribution in [1.29, 1.82) is 0 Å². The van der Waals surface area contributed by atoms with Crippen LogP contribution in [0.4, 0.5) is 5.69 Å². The van der Waals surface area contributed by atoms with Crippen LogP contribution in [0.25, 0.3) is 0 Å². The van der Waals surface area contributed by atoms with Crippen molar-refractivity contribution < 1.29 is 4.79 Å². The summed E-state index contributed by atoms with van der Waals surface area (Å²) in [5, 5.41) is 3.88. The predicted molar refractivity (Wildman–Crippen MR) is 89.6 cm³/mol. The fourth-order valence-corrected chi connectivity index (χ4v) is 2.69. The van der Waals surface area contributed by atoms with Gasteiger partial charge in [-0.2, -0.15) is 0 Å². The first kappa shape index (κ1) is 16.2. The number of amides is 1. The standard InChI is InChI=1S/C16H14Cl3NO/c1-2-11(10-6-4-3-5-7-10)16(21)20-15-9-13(18)12(17)8-14(15)19/h3-9,11H,2H2,1H3,(H,20,21)/t11-/m1/s1. The molecule has 1 amide bonds. The second-order valence-corrected chi connectivity index (χ2v) is 5.83. The topological polar surface area (TPSA) is 29.1 Å². The molecule has 0 saturated carbocycles. The molecule has 0 unspecified atom stereocenters. The molecule has 2 nitrogen and oxygen atoms in total. The molecule has 2 rings (SSSR count). The van der Waals surface area contributed by atoms with Gasteiger partial charge in [-0.25, -0.2) is 0 Å². The van der Waals surface area contributed by atoms with Gasteiger partial charge in [-0.1, -0.05) is 72.1 Å². The van der Waals surface area contributed by atoms with Crippen molar-refractivity contribution >= 4 is 46.4 Å². The Labute approximate surface area is 139 Å². The zero-order valence-corrected chi connectivity index (χ0v) is 13.6. The molecule has 0 saturated heterocycles. The first-order chi connectivity index (χ1) is 10.0. The fraction of sp³-hybridized carbons (Fsp3) is 0.188. The van der Waals surface area contributed by atoms with Crippen LogP contribution in [-0.2, 0) is 4.79 Å². The second-order valence-electron chi connectivity index (χ2n) is 4.61.